The molecule has 1 aromatic heterocycles. The van der Waals surface area contributed by atoms with Crippen LogP contribution in [0.2, 0.25) is 0 Å². The zero-order valence-corrected chi connectivity index (χ0v) is 20.1. The maximum atomic E-state index is 12.5. The van der Waals surface area contributed by atoms with E-state index in [2.05, 4.69) is 25.7 Å². The Morgan fingerprint density at radius 2 is 1.76 bits per heavy atom. The lowest BCUT2D eigenvalue weighted by Gasteiger charge is -2.26. The minimum absolute atomic E-state index is 0.114. The first kappa shape index (κ1) is 23.8. The third-order valence-corrected chi connectivity index (χ3v) is 6.57. The maximum absolute atomic E-state index is 12.5. The summed E-state index contributed by atoms with van der Waals surface area (Å²) >= 11 is 1.19. The van der Waals surface area contributed by atoms with Crippen LogP contribution < -0.4 is 15.4 Å². The van der Waals surface area contributed by atoms with Crippen LogP contribution in [0.4, 0.5) is 5.69 Å². The molecule has 2 heterocycles. The van der Waals surface area contributed by atoms with Gasteiger partial charge >= 0.3 is 0 Å². The summed E-state index contributed by atoms with van der Waals surface area (Å²) in [5.74, 6) is 0.315. The van der Waals surface area contributed by atoms with E-state index in [4.69, 9.17) is 4.74 Å². The van der Waals surface area contributed by atoms with Crippen molar-refractivity contribution in [2.24, 2.45) is 0 Å². The van der Waals surface area contributed by atoms with Crippen molar-refractivity contribution in [2.45, 2.75) is 32.8 Å². The molecule has 34 heavy (non-hydrogen) atoms. The number of hydrogen-bond acceptors (Lipinski definition) is 7. The van der Waals surface area contributed by atoms with Gasteiger partial charge in [0.05, 0.1) is 0 Å². The number of aryl methyl sites for hydroxylation is 1. The van der Waals surface area contributed by atoms with Gasteiger partial charge in [0, 0.05) is 24.3 Å². The number of carbonyl (C=O) groups excluding carboxylic acids is 2. The van der Waals surface area contributed by atoms with Crippen molar-refractivity contribution in [2.75, 3.05) is 31.5 Å². The number of nitrogens with zero attached hydrogens (tertiary/aromatic N) is 3. The summed E-state index contributed by atoms with van der Waals surface area (Å²) in [4.78, 5) is 27.3. The van der Waals surface area contributed by atoms with E-state index in [9.17, 15) is 9.59 Å². The standard InChI is InChI=1S/C25H29N5O3S/c1-18-7-3-4-8-21(18)33-17-22-28-29-25(34-22)24(32)27-20-11-9-19(10-12-20)23(31)26-13-16-30-14-5-2-6-15-30/h3-4,7-12H,2,5-6,13-17H2,1H3,(H,26,31)(H,27,32). The third kappa shape index (κ3) is 6.61. The van der Waals surface area contributed by atoms with Gasteiger partial charge in [0.25, 0.3) is 11.8 Å². The molecule has 1 saturated heterocycles. The summed E-state index contributed by atoms with van der Waals surface area (Å²) in [5.41, 5.74) is 2.18. The zero-order chi connectivity index (χ0) is 23.8. The number of benzene rings is 2. The fraction of sp³-hybridized carbons (Fsp3) is 0.360. The van der Waals surface area contributed by atoms with Crippen LogP contribution >= 0.6 is 11.3 Å². The van der Waals surface area contributed by atoms with Gasteiger partial charge in [-0.05, 0) is 68.8 Å². The number of ether oxygens (including phenoxy) is 1. The molecule has 3 aromatic rings. The van der Waals surface area contributed by atoms with Crippen LogP contribution in [0.1, 0.15) is 50.0 Å². The predicted octanol–water partition coefficient (Wildman–Crippen LogP) is 3.89. The highest BCUT2D eigenvalue weighted by atomic mass is 32.1. The number of aromatic nitrogens is 2. The molecule has 0 radical (unpaired) electrons. The topological polar surface area (TPSA) is 96.5 Å². The first-order valence-electron chi connectivity index (χ1n) is 11.5. The number of amides is 2. The number of hydrogen-bond donors (Lipinski definition) is 2. The van der Waals surface area contributed by atoms with Gasteiger partial charge in [-0.2, -0.15) is 0 Å². The van der Waals surface area contributed by atoms with Crippen molar-refractivity contribution in [1.82, 2.24) is 20.4 Å². The molecule has 2 N–H and O–H groups in total. The Balaban J connectivity index is 1.24. The second-order valence-corrected chi connectivity index (χ2v) is 9.31. The van der Waals surface area contributed by atoms with Crippen molar-refractivity contribution >= 4 is 28.8 Å². The van der Waals surface area contributed by atoms with Crippen LogP contribution in [0.25, 0.3) is 0 Å². The van der Waals surface area contributed by atoms with Crippen LogP contribution in [0, 0.1) is 6.92 Å². The minimum atomic E-state index is -0.349. The number of carbonyl (C=O) groups is 2. The van der Waals surface area contributed by atoms with Crippen molar-refractivity contribution in [3.8, 4) is 5.75 Å². The van der Waals surface area contributed by atoms with E-state index in [-0.39, 0.29) is 23.4 Å². The fourth-order valence-corrected chi connectivity index (χ4v) is 4.41. The zero-order valence-electron chi connectivity index (χ0n) is 19.3. The van der Waals surface area contributed by atoms with Gasteiger partial charge < -0.3 is 20.3 Å². The molecule has 0 atom stereocenters. The lowest BCUT2D eigenvalue weighted by molar-refractivity contribution is 0.0946. The largest absolute Gasteiger partial charge is 0.486 e. The Bertz CT molecular complexity index is 1110. The molecule has 2 aromatic carbocycles. The molecule has 4 rings (SSSR count). The Kier molecular flexibility index (Phi) is 8.21. The summed E-state index contributed by atoms with van der Waals surface area (Å²) in [7, 11) is 0. The molecule has 0 saturated carbocycles. The van der Waals surface area contributed by atoms with Crippen molar-refractivity contribution < 1.29 is 14.3 Å². The Labute approximate surface area is 203 Å². The van der Waals surface area contributed by atoms with Gasteiger partial charge in [-0.25, -0.2) is 0 Å². The van der Waals surface area contributed by atoms with E-state index in [1.54, 1.807) is 24.3 Å². The highest BCUT2D eigenvalue weighted by Gasteiger charge is 2.15. The Morgan fingerprint density at radius 3 is 2.53 bits per heavy atom. The minimum Gasteiger partial charge on any atom is -0.486 e. The summed E-state index contributed by atoms with van der Waals surface area (Å²) in [5, 5.41) is 14.7. The average molecular weight is 480 g/mol. The summed E-state index contributed by atoms with van der Waals surface area (Å²) < 4.78 is 5.77. The van der Waals surface area contributed by atoms with Gasteiger partial charge in [0.1, 0.15) is 12.4 Å². The van der Waals surface area contributed by atoms with Gasteiger partial charge in [-0.3, -0.25) is 9.59 Å². The van der Waals surface area contributed by atoms with Crippen molar-refractivity contribution in [3.63, 3.8) is 0 Å². The van der Waals surface area contributed by atoms with Crippen molar-refractivity contribution in [1.29, 1.82) is 0 Å². The molecule has 0 spiro atoms. The molecule has 0 bridgehead atoms. The summed E-state index contributed by atoms with van der Waals surface area (Å²) in [6, 6.07) is 14.5. The monoisotopic (exact) mass is 479 g/mol. The molecule has 2 amide bonds. The number of piperidine rings is 1. The fourth-order valence-electron chi connectivity index (χ4n) is 3.76. The predicted molar refractivity (Wildman–Crippen MR) is 132 cm³/mol. The van der Waals surface area contributed by atoms with E-state index >= 15 is 0 Å². The first-order chi connectivity index (χ1) is 16.6. The molecule has 0 unspecified atom stereocenters. The lowest BCUT2D eigenvalue weighted by Crippen LogP contribution is -2.37. The van der Waals surface area contributed by atoms with E-state index in [1.165, 1.54) is 30.6 Å². The SMILES string of the molecule is Cc1ccccc1OCc1nnc(C(=O)Nc2ccc(C(=O)NCCN3CCCCC3)cc2)s1. The smallest absolute Gasteiger partial charge is 0.286 e. The normalized spacial score (nSPS) is 13.9. The van der Waals surface area contributed by atoms with Crippen LogP contribution in [-0.2, 0) is 6.61 Å². The molecule has 1 fully saturated rings. The number of anilines is 1. The number of likely N-dealkylation sites (tertiary alicyclic amines) is 1. The molecule has 178 valence electrons. The number of para-hydroxylation sites is 1. The Hall–Kier alpha value is -3.30. The van der Waals surface area contributed by atoms with E-state index in [0.29, 0.717) is 22.8 Å². The van der Waals surface area contributed by atoms with Gasteiger partial charge in [-0.1, -0.05) is 36.0 Å². The molecule has 0 aliphatic carbocycles. The first-order valence-corrected chi connectivity index (χ1v) is 12.3. The average Bonchev–Trinajstić information content (AvgIpc) is 3.34. The van der Waals surface area contributed by atoms with Crippen LogP contribution in [-0.4, -0.2) is 53.1 Å². The lowest BCUT2D eigenvalue weighted by atomic mass is 10.1. The highest BCUT2D eigenvalue weighted by molar-refractivity contribution is 7.13. The van der Waals surface area contributed by atoms with Crippen LogP contribution in [0.3, 0.4) is 0 Å². The third-order valence-electron chi connectivity index (χ3n) is 5.67. The molecule has 1 aliphatic rings. The summed E-state index contributed by atoms with van der Waals surface area (Å²) in [6.07, 6.45) is 3.77. The van der Waals surface area contributed by atoms with Gasteiger partial charge in [-0.15, -0.1) is 10.2 Å². The van der Waals surface area contributed by atoms with Crippen molar-refractivity contribution in [3.05, 3.63) is 69.7 Å². The summed E-state index contributed by atoms with van der Waals surface area (Å²) in [6.45, 7) is 5.94. The molecule has 8 nitrogen and oxygen atoms in total. The number of rotatable bonds is 9. The van der Waals surface area contributed by atoms with Gasteiger partial charge in [0.15, 0.2) is 5.01 Å². The van der Waals surface area contributed by atoms with Crippen LogP contribution in [0.5, 0.6) is 5.75 Å². The van der Waals surface area contributed by atoms with Gasteiger partial charge in [0.2, 0.25) is 5.01 Å². The quantitative estimate of drug-likeness (QED) is 0.483. The second kappa shape index (κ2) is 11.7. The molecular weight excluding hydrogens is 450 g/mol. The molecular formula is C25H29N5O3S. The molecule has 1 aliphatic heterocycles. The highest BCUT2D eigenvalue weighted by Crippen LogP contribution is 2.20. The second-order valence-electron chi connectivity index (χ2n) is 8.24. The molecule has 9 heteroatoms. The Morgan fingerprint density at radius 1 is 1.00 bits per heavy atom. The van der Waals surface area contributed by atoms with E-state index in [0.717, 1.165) is 30.9 Å². The maximum Gasteiger partial charge on any atom is 0.286 e. The van der Waals surface area contributed by atoms with E-state index < -0.39 is 0 Å². The number of nitrogens with one attached hydrogen (secondary N) is 2. The van der Waals surface area contributed by atoms with E-state index in [1.807, 2.05) is 31.2 Å². The van der Waals surface area contributed by atoms with Crippen LogP contribution in [0.15, 0.2) is 48.5 Å².